The van der Waals surface area contributed by atoms with E-state index in [1.807, 2.05) is 22.1 Å². The fraction of sp³-hybridized carbons (Fsp3) is 0.222. The van der Waals surface area contributed by atoms with Gasteiger partial charge >= 0.3 is 0 Å². The summed E-state index contributed by atoms with van der Waals surface area (Å²) in [5.74, 6) is 3.61. The number of nitrogens with one attached hydrogen (secondary N) is 2. The first-order valence-corrected chi connectivity index (χ1v) is 8.59. The lowest BCUT2D eigenvalue weighted by Crippen LogP contribution is -2.61. The van der Waals surface area contributed by atoms with Crippen molar-refractivity contribution in [1.29, 1.82) is 0 Å². The molecule has 0 saturated carbocycles. The molecule has 0 saturated heterocycles. The van der Waals surface area contributed by atoms with Crippen molar-refractivity contribution in [3.63, 3.8) is 0 Å². The van der Waals surface area contributed by atoms with Crippen LogP contribution in [0.2, 0.25) is 0 Å². The number of carbonyl (C=O) groups excluding carboxylic acids is 2. The highest BCUT2D eigenvalue weighted by molar-refractivity contribution is 7.08. The van der Waals surface area contributed by atoms with E-state index in [9.17, 15) is 23.5 Å². The Morgan fingerprint density at radius 3 is 2.30 bits per heavy atom. The monoisotopic (exact) mass is 394 g/mol. The lowest BCUT2D eigenvalue weighted by atomic mass is 9.95. The molecule has 1 heterocycles. The summed E-state index contributed by atoms with van der Waals surface area (Å²) in [5, 5.41) is 24.3. The van der Waals surface area contributed by atoms with E-state index < -0.39 is 29.9 Å². The largest absolute Gasteiger partial charge is 0.381 e. The first-order chi connectivity index (χ1) is 12.8. The minimum Gasteiger partial charge on any atom is -0.381 e. The predicted molar refractivity (Wildman–Crippen MR) is 94.6 cm³/mol. The van der Waals surface area contributed by atoms with Crippen LogP contribution >= 0.6 is 11.3 Å². The van der Waals surface area contributed by atoms with E-state index in [0.29, 0.717) is 12.5 Å². The summed E-state index contributed by atoms with van der Waals surface area (Å²) < 4.78 is 26.0. The number of rotatable bonds is 5. The molecule has 2 atom stereocenters. The smallest absolute Gasteiger partial charge is 0.269 e. The quantitative estimate of drug-likeness (QED) is 0.353. The van der Waals surface area contributed by atoms with Gasteiger partial charge in [-0.3, -0.25) is 14.8 Å². The van der Waals surface area contributed by atoms with Gasteiger partial charge in [0.1, 0.15) is 6.04 Å². The molecule has 0 aliphatic carbocycles. The van der Waals surface area contributed by atoms with E-state index in [2.05, 4.69) is 11.8 Å². The second-order valence-corrected chi connectivity index (χ2v) is 6.53. The number of hydroxylamine groups is 1. The van der Waals surface area contributed by atoms with Gasteiger partial charge in [0, 0.05) is 22.1 Å². The van der Waals surface area contributed by atoms with Crippen molar-refractivity contribution in [2.75, 3.05) is 0 Å². The molecule has 2 rings (SSSR count). The van der Waals surface area contributed by atoms with E-state index >= 15 is 0 Å². The van der Waals surface area contributed by atoms with Gasteiger partial charge in [-0.15, -0.1) is 0 Å². The van der Waals surface area contributed by atoms with E-state index in [1.54, 1.807) is 12.1 Å². The maximum atomic E-state index is 13.0. The molecule has 1 unspecified atom stereocenters. The number of amides is 2. The summed E-state index contributed by atoms with van der Waals surface area (Å²) in [6.45, 7) is 0.682. The van der Waals surface area contributed by atoms with Gasteiger partial charge in [-0.25, -0.2) is 14.3 Å². The number of alkyl halides is 2. The molecule has 0 radical (unpaired) electrons. The lowest BCUT2D eigenvalue weighted by molar-refractivity contribution is -0.149. The third kappa shape index (κ3) is 5.10. The van der Waals surface area contributed by atoms with Crippen LogP contribution in [0.4, 0.5) is 8.78 Å². The van der Waals surface area contributed by atoms with Crippen molar-refractivity contribution in [2.45, 2.75) is 25.0 Å². The summed E-state index contributed by atoms with van der Waals surface area (Å²) >= 11 is 1.52. The van der Waals surface area contributed by atoms with Gasteiger partial charge < -0.3 is 10.4 Å². The minimum absolute atomic E-state index is 0.0666. The van der Waals surface area contributed by atoms with Crippen LogP contribution in [0.5, 0.6) is 0 Å². The molecule has 2 aromatic rings. The third-order valence-corrected chi connectivity index (χ3v) is 4.38. The fourth-order valence-corrected chi connectivity index (χ4v) is 2.65. The number of hydrogen-bond acceptors (Lipinski definition) is 5. The molecule has 6 nitrogen and oxygen atoms in total. The molecule has 0 aliphatic rings. The van der Waals surface area contributed by atoms with E-state index in [4.69, 9.17) is 5.21 Å². The number of benzene rings is 1. The molecule has 0 fully saturated rings. The van der Waals surface area contributed by atoms with Crippen LogP contribution in [0.25, 0.3) is 0 Å². The van der Waals surface area contributed by atoms with Crippen LogP contribution in [0, 0.1) is 11.8 Å². The Morgan fingerprint density at radius 1 is 1.15 bits per heavy atom. The molecular formula is C18H16F2N2O4S. The lowest BCUT2D eigenvalue weighted by Gasteiger charge is -2.30. The molecule has 9 heteroatoms. The van der Waals surface area contributed by atoms with Crippen LogP contribution in [-0.4, -0.2) is 40.2 Å². The molecule has 0 bridgehead atoms. The van der Waals surface area contributed by atoms with E-state index in [1.165, 1.54) is 23.5 Å². The topological polar surface area (TPSA) is 98.7 Å². The van der Waals surface area contributed by atoms with Crippen LogP contribution in [0.1, 0.15) is 28.4 Å². The van der Waals surface area contributed by atoms with Gasteiger partial charge in [0.2, 0.25) is 0 Å². The Hall–Kier alpha value is -2.80. The SMILES string of the molecule is CC(O)(C(F)F)[C@H](NC(=O)c1ccc(C#Cc2ccsc2)cc1)C(=O)NO. The second-order valence-electron chi connectivity index (χ2n) is 5.75. The van der Waals surface area contributed by atoms with Gasteiger partial charge in [-0.05, 0) is 42.6 Å². The molecule has 2 amide bonds. The Bertz CT molecular complexity index is 856. The number of aliphatic hydroxyl groups is 1. The van der Waals surface area contributed by atoms with Gasteiger partial charge in [0.05, 0.1) is 0 Å². The average Bonchev–Trinajstić information content (AvgIpc) is 3.17. The number of halogens is 2. The Kier molecular flexibility index (Phi) is 6.63. The molecule has 0 aliphatic heterocycles. The highest BCUT2D eigenvalue weighted by Crippen LogP contribution is 2.20. The van der Waals surface area contributed by atoms with Crippen molar-refractivity contribution in [3.8, 4) is 11.8 Å². The highest BCUT2D eigenvalue weighted by atomic mass is 32.1. The molecule has 142 valence electrons. The zero-order chi connectivity index (χ0) is 20.0. The number of thiophene rings is 1. The van der Waals surface area contributed by atoms with Crippen molar-refractivity contribution >= 4 is 23.2 Å². The molecule has 0 spiro atoms. The summed E-state index contributed by atoms with van der Waals surface area (Å²) in [7, 11) is 0. The number of carbonyl (C=O) groups is 2. The average molecular weight is 394 g/mol. The fourth-order valence-electron chi connectivity index (χ4n) is 2.07. The van der Waals surface area contributed by atoms with Crippen molar-refractivity contribution in [2.24, 2.45) is 0 Å². The van der Waals surface area contributed by atoms with Crippen molar-refractivity contribution in [3.05, 3.63) is 57.8 Å². The van der Waals surface area contributed by atoms with Crippen LogP contribution in [0.3, 0.4) is 0 Å². The summed E-state index contributed by atoms with van der Waals surface area (Å²) in [4.78, 5) is 23.8. The first kappa shape index (κ1) is 20.5. The zero-order valence-corrected chi connectivity index (χ0v) is 14.9. The Balaban J connectivity index is 2.15. The predicted octanol–water partition coefficient (Wildman–Crippen LogP) is 1.77. The van der Waals surface area contributed by atoms with Gasteiger partial charge in [0.15, 0.2) is 5.60 Å². The van der Waals surface area contributed by atoms with E-state index in [0.717, 1.165) is 11.0 Å². The minimum atomic E-state index is -3.34. The van der Waals surface area contributed by atoms with E-state index in [-0.39, 0.29) is 5.56 Å². The second kappa shape index (κ2) is 8.73. The highest BCUT2D eigenvalue weighted by Gasteiger charge is 2.46. The molecule has 4 N–H and O–H groups in total. The van der Waals surface area contributed by atoms with Crippen LogP contribution in [-0.2, 0) is 4.79 Å². The van der Waals surface area contributed by atoms with Gasteiger partial charge in [-0.1, -0.05) is 11.8 Å². The maximum Gasteiger partial charge on any atom is 0.269 e. The molecule has 1 aromatic carbocycles. The Morgan fingerprint density at radius 2 is 1.78 bits per heavy atom. The summed E-state index contributed by atoms with van der Waals surface area (Å²) in [6, 6.07) is 5.71. The molecule has 27 heavy (non-hydrogen) atoms. The van der Waals surface area contributed by atoms with Crippen LogP contribution < -0.4 is 10.8 Å². The summed E-state index contributed by atoms with van der Waals surface area (Å²) in [5.41, 5.74) is -0.174. The van der Waals surface area contributed by atoms with Gasteiger partial charge in [-0.2, -0.15) is 11.3 Å². The Labute approximate surface area is 157 Å². The third-order valence-electron chi connectivity index (χ3n) is 3.69. The maximum absolute atomic E-state index is 13.0. The number of hydrogen-bond donors (Lipinski definition) is 4. The molecule has 1 aromatic heterocycles. The van der Waals surface area contributed by atoms with Crippen molar-refractivity contribution in [1.82, 2.24) is 10.8 Å². The standard InChI is InChI=1S/C18H16F2N2O4S/c1-18(25,17(19)20)14(16(24)22-26)21-15(23)13-6-4-11(5-7-13)2-3-12-8-9-27-10-12/h4-10,14,17,25-26H,1H3,(H,21,23)(H,22,24)/t14-,18?/m1/s1. The normalized spacial score (nSPS) is 13.9. The zero-order valence-electron chi connectivity index (χ0n) is 14.1. The van der Waals surface area contributed by atoms with Gasteiger partial charge in [0.25, 0.3) is 18.2 Å². The first-order valence-electron chi connectivity index (χ1n) is 7.65. The van der Waals surface area contributed by atoms with Crippen LogP contribution in [0.15, 0.2) is 41.1 Å². The summed E-state index contributed by atoms with van der Waals surface area (Å²) in [6.07, 6.45) is -3.34. The molecular weight excluding hydrogens is 378 g/mol. The van der Waals surface area contributed by atoms with Crippen molar-refractivity contribution < 1.29 is 28.7 Å².